The second-order valence-corrected chi connectivity index (χ2v) is 3.18. The van der Waals surface area contributed by atoms with E-state index in [1.807, 2.05) is 30.3 Å². The van der Waals surface area contributed by atoms with Crippen molar-refractivity contribution >= 4 is 34.8 Å². The molecule has 0 unspecified atom stereocenters. The van der Waals surface area contributed by atoms with Crippen LogP contribution in [-0.2, 0) is 19.2 Å². The minimum atomic E-state index is -1.82. The molecule has 21 heavy (non-hydrogen) atoms. The Hall–Kier alpha value is -3.36. The summed E-state index contributed by atoms with van der Waals surface area (Å²) in [6, 6.07) is 9.90. The number of furan rings is 1. The predicted octanol–water partition coefficient (Wildman–Crippen LogP) is 0.744. The molecule has 0 spiro atoms. The van der Waals surface area contributed by atoms with Crippen LogP contribution in [0.2, 0.25) is 0 Å². The normalized spacial score (nSPS) is 8.57. The molecule has 2 aromatic rings. The lowest BCUT2D eigenvalue weighted by Gasteiger charge is -1.81. The number of para-hydroxylation sites is 1. The van der Waals surface area contributed by atoms with Gasteiger partial charge in [0.1, 0.15) is 5.58 Å². The largest absolute Gasteiger partial charge is 0.473 e. The number of carbonyl (C=O) groups is 4. The lowest BCUT2D eigenvalue weighted by Crippen LogP contribution is -2.09. The zero-order valence-electron chi connectivity index (χ0n) is 10.3. The van der Waals surface area contributed by atoms with Gasteiger partial charge in [0.15, 0.2) is 0 Å². The molecule has 0 amide bonds. The fraction of sp³-hybridized carbons (Fsp3) is 0. The maximum Gasteiger partial charge on any atom is 0.414 e. The Morgan fingerprint density at radius 1 is 0.714 bits per heavy atom. The van der Waals surface area contributed by atoms with E-state index in [1.165, 1.54) is 0 Å². The molecule has 1 aromatic heterocycles. The number of benzene rings is 1. The molecule has 0 bridgehead atoms. The molecule has 0 aliphatic heterocycles. The number of fused-ring (bicyclic) bond motifs is 1. The first-order valence-corrected chi connectivity index (χ1v) is 5.10. The highest BCUT2D eigenvalue weighted by atomic mass is 16.4. The van der Waals surface area contributed by atoms with Crippen LogP contribution >= 0.6 is 0 Å². The van der Waals surface area contributed by atoms with Crippen molar-refractivity contribution in [3.8, 4) is 0 Å². The highest BCUT2D eigenvalue weighted by Crippen LogP contribution is 2.12. The summed E-state index contributed by atoms with van der Waals surface area (Å²) in [5.74, 6) is -7.30. The Balaban J connectivity index is 0.000000300. The predicted molar refractivity (Wildman–Crippen MR) is 66.8 cm³/mol. The Kier molecular flexibility index (Phi) is 7.30. The van der Waals surface area contributed by atoms with E-state index in [0.717, 1.165) is 11.0 Å². The van der Waals surface area contributed by atoms with Crippen LogP contribution in [0.1, 0.15) is 0 Å². The Morgan fingerprint density at radius 2 is 1.14 bits per heavy atom. The van der Waals surface area contributed by atoms with Crippen molar-refractivity contribution in [2.75, 3.05) is 0 Å². The van der Waals surface area contributed by atoms with Gasteiger partial charge in [-0.1, -0.05) is 18.2 Å². The molecule has 9 nitrogen and oxygen atoms in total. The summed E-state index contributed by atoms with van der Waals surface area (Å²) in [6.45, 7) is 0. The first-order chi connectivity index (χ1) is 9.75. The molecular formula is C12H10O9. The number of carboxylic acid groups (broad SMARTS) is 4. The van der Waals surface area contributed by atoms with Gasteiger partial charge in [-0.05, 0) is 12.1 Å². The standard InChI is InChI=1S/C8H6O.2C2H2O4/c1-2-4-8-7(3-1)5-6-9-8;2*3-1(4)2(5)6/h1-6H;2*(H,3,4)(H,5,6). The molecule has 112 valence electrons. The molecule has 0 saturated heterocycles. The van der Waals surface area contributed by atoms with E-state index in [-0.39, 0.29) is 0 Å². The van der Waals surface area contributed by atoms with Crippen molar-refractivity contribution in [2.24, 2.45) is 0 Å². The molecule has 2 rings (SSSR count). The molecule has 0 aliphatic rings. The lowest BCUT2D eigenvalue weighted by molar-refractivity contribution is -0.159. The molecule has 0 saturated carbocycles. The summed E-state index contributed by atoms with van der Waals surface area (Å²) >= 11 is 0. The average molecular weight is 298 g/mol. The Labute approximate surface area is 116 Å². The van der Waals surface area contributed by atoms with Crippen LogP contribution in [0, 0.1) is 0 Å². The van der Waals surface area contributed by atoms with Crippen molar-refractivity contribution in [3.63, 3.8) is 0 Å². The summed E-state index contributed by atoms with van der Waals surface area (Å²) in [5.41, 5.74) is 0.956. The van der Waals surface area contributed by atoms with E-state index in [2.05, 4.69) is 0 Å². The van der Waals surface area contributed by atoms with Gasteiger partial charge in [-0.15, -0.1) is 0 Å². The van der Waals surface area contributed by atoms with Crippen LogP contribution in [0.4, 0.5) is 0 Å². The van der Waals surface area contributed by atoms with Crippen LogP contribution in [0.15, 0.2) is 41.0 Å². The molecule has 4 N–H and O–H groups in total. The van der Waals surface area contributed by atoms with E-state index in [4.69, 9.17) is 44.0 Å². The van der Waals surface area contributed by atoms with Crippen molar-refractivity contribution in [1.82, 2.24) is 0 Å². The highest BCUT2D eigenvalue weighted by Gasteiger charge is 2.04. The summed E-state index contributed by atoms with van der Waals surface area (Å²) in [7, 11) is 0. The second kappa shape index (κ2) is 8.69. The van der Waals surface area contributed by atoms with Crippen LogP contribution in [0.25, 0.3) is 11.0 Å². The van der Waals surface area contributed by atoms with Crippen LogP contribution in [-0.4, -0.2) is 44.3 Å². The Bertz CT molecular complexity index is 563. The highest BCUT2D eigenvalue weighted by molar-refractivity contribution is 6.27. The van der Waals surface area contributed by atoms with Gasteiger partial charge in [-0.25, -0.2) is 19.2 Å². The van der Waals surface area contributed by atoms with Gasteiger partial charge in [0.2, 0.25) is 0 Å². The second-order valence-electron chi connectivity index (χ2n) is 3.18. The first-order valence-electron chi connectivity index (χ1n) is 5.10. The van der Waals surface area contributed by atoms with Crippen LogP contribution in [0.3, 0.4) is 0 Å². The minimum absolute atomic E-state index is 0.956. The molecule has 9 heteroatoms. The van der Waals surface area contributed by atoms with Crippen molar-refractivity contribution in [3.05, 3.63) is 36.6 Å². The fourth-order valence-corrected chi connectivity index (χ4v) is 0.906. The SMILES string of the molecule is O=C(O)C(=O)O.O=C(O)C(=O)O.c1ccc2occc2c1. The minimum Gasteiger partial charge on any atom is -0.473 e. The molecule has 0 radical (unpaired) electrons. The monoisotopic (exact) mass is 298 g/mol. The molecular weight excluding hydrogens is 288 g/mol. The number of rotatable bonds is 0. The van der Waals surface area contributed by atoms with E-state index < -0.39 is 23.9 Å². The Morgan fingerprint density at radius 3 is 1.52 bits per heavy atom. The van der Waals surface area contributed by atoms with Gasteiger partial charge in [-0.3, -0.25) is 0 Å². The third kappa shape index (κ3) is 7.62. The van der Waals surface area contributed by atoms with Gasteiger partial charge < -0.3 is 24.8 Å². The summed E-state index contributed by atoms with van der Waals surface area (Å²) in [6.07, 6.45) is 1.70. The summed E-state index contributed by atoms with van der Waals surface area (Å²) in [5, 5.41) is 30.7. The van der Waals surface area contributed by atoms with E-state index in [0.29, 0.717) is 0 Å². The number of aliphatic carboxylic acids is 4. The molecule has 1 heterocycles. The van der Waals surface area contributed by atoms with Crippen molar-refractivity contribution in [1.29, 1.82) is 0 Å². The summed E-state index contributed by atoms with van der Waals surface area (Å²) < 4.78 is 5.12. The van der Waals surface area contributed by atoms with Crippen molar-refractivity contribution < 1.29 is 44.0 Å². The van der Waals surface area contributed by atoms with Crippen LogP contribution < -0.4 is 0 Å². The quantitative estimate of drug-likeness (QED) is 0.513. The van der Waals surface area contributed by atoms with Gasteiger partial charge in [0.05, 0.1) is 6.26 Å². The van der Waals surface area contributed by atoms with Crippen LogP contribution in [0.5, 0.6) is 0 Å². The molecule has 0 fully saturated rings. The third-order valence-corrected chi connectivity index (χ3v) is 1.73. The maximum absolute atomic E-state index is 9.10. The molecule has 0 atom stereocenters. The van der Waals surface area contributed by atoms with Gasteiger partial charge in [0, 0.05) is 5.39 Å². The topological polar surface area (TPSA) is 162 Å². The maximum atomic E-state index is 9.10. The van der Waals surface area contributed by atoms with E-state index >= 15 is 0 Å². The third-order valence-electron chi connectivity index (χ3n) is 1.73. The van der Waals surface area contributed by atoms with Crippen molar-refractivity contribution in [2.45, 2.75) is 0 Å². The lowest BCUT2D eigenvalue weighted by atomic mass is 10.3. The molecule has 1 aromatic carbocycles. The molecule has 0 aliphatic carbocycles. The number of carboxylic acids is 4. The smallest absolute Gasteiger partial charge is 0.414 e. The number of hydrogen-bond donors (Lipinski definition) is 4. The zero-order chi connectivity index (χ0) is 16.4. The fourth-order valence-electron chi connectivity index (χ4n) is 0.906. The first kappa shape index (κ1) is 17.6. The summed E-state index contributed by atoms with van der Waals surface area (Å²) in [4.78, 5) is 36.4. The number of hydrogen-bond acceptors (Lipinski definition) is 5. The average Bonchev–Trinajstić information content (AvgIpc) is 2.88. The van der Waals surface area contributed by atoms with E-state index in [1.54, 1.807) is 6.26 Å². The zero-order valence-corrected chi connectivity index (χ0v) is 10.3. The van der Waals surface area contributed by atoms with Gasteiger partial charge in [0.25, 0.3) is 0 Å². The van der Waals surface area contributed by atoms with E-state index in [9.17, 15) is 0 Å². The van der Waals surface area contributed by atoms with Gasteiger partial charge >= 0.3 is 23.9 Å². The van der Waals surface area contributed by atoms with Gasteiger partial charge in [-0.2, -0.15) is 0 Å².